The Hall–Kier alpha value is -2.35. The van der Waals surface area contributed by atoms with Gasteiger partial charge in [0.15, 0.2) is 5.82 Å². The molecule has 0 saturated carbocycles. The molecule has 3 rings (SSSR count). The molecule has 0 bridgehead atoms. The number of nitrogens with one attached hydrogen (secondary N) is 1. The highest BCUT2D eigenvalue weighted by molar-refractivity contribution is 5.78. The van der Waals surface area contributed by atoms with Crippen LogP contribution < -0.4 is 5.32 Å². The molecule has 1 amide bonds. The maximum atomic E-state index is 13.6. The number of amides is 1. The van der Waals surface area contributed by atoms with Gasteiger partial charge in [0.25, 0.3) is 5.89 Å². The summed E-state index contributed by atoms with van der Waals surface area (Å²) >= 11 is 0. The van der Waals surface area contributed by atoms with Crippen LogP contribution in [0, 0.1) is 24.5 Å². The average Bonchev–Trinajstić information content (AvgIpc) is 3.17. The van der Waals surface area contributed by atoms with Gasteiger partial charge in [0.2, 0.25) is 5.91 Å². The third kappa shape index (κ3) is 3.76. The summed E-state index contributed by atoms with van der Waals surface area (Å²) in [6.45, 7) is 2.58. The highest BCUT2D eigenvalue weighted by Gasteiger charge is 2.34. The first kappa shape index (κ1) is 16.5. The lowest BCUT2D eigenvalue weighted by Crippen LogP contribution is -2.32. The summed E-state index contributed by atoms with van der Waals surface area (Å²) in [5.41, 5.74) is 0.0271. The number of carbonyl (C=O) groups excluding carboxylic acids is 1. The Bertz CT molecular complexity index is 735. The number of rotatable bonds is 5. The third-order valence-electron chi connectivity index (χ3n) is 3.92. The van der Waals surface area contributed by atoms with Crippen molar-refractivity contribution in [3.05, 3.63) is 47.1 Å². The van der Waals surface area contributed by atoms with Crippen molar-refractivity contribution in [2.24, 2.45) is 5.92 Å². The van der Waals surface area contributed by atoms with Gasteiger partial charge in [-0.05, 0) is 31.5 Å². The lowest BCUT2D eigenvalue weighted by Gasteiger charge is -2.15. The van der Waals surface area contributed by atoms with Crippen LogP contribution in [0.15, 0.2) is 22.7 Å². The molecule has 1 saturated heterocycles. The molecule has 8 heteroatoms. The van der Waals surface area contributed by atoms with Gasteiger partial charge in [0.1, 0.15) is 17.7 Å². The smallest absolute Gasteiger partial charge is 0.256 e. The standard InChI is InChI=1S/C16H17F2N3O3/c1-9-20-16(24-21-9)15-10(4-5-23-15)8-19-14(22)7-11-6-12(17)2-3-13(11)18/h2-3,6,10,15H,4-5,7-8H2,1H3,(H,19,22)/t10-,15-/m0/s1. The van der Waals surface area contributed by atoms with E-state index in [9.17, 15) is 13.6 Å². The van der Waals surface area contributed by atoms with E-state index in [0.29, 0.717) is 24.9 Å². The highest BCUT2D eigenvalue weighted by Crippen LogP contribution is 2.33. The first-order valence-corrected chi connectivity index (χ1v) is 7.65. The number of benzene rings is 1. The molecular formula is C16H17F2N3O3. The number of aromatic nitrogens is 2. The molecule has 1 aliphatic rings. The molecule has 0 spiro atoms. The van der Waals surface area contributed by atoms with Gasteiger partial charge in [-0.1, -0.05) is 5.16 Å². The number of ether oxygens (including phenoxy) is 1. The first-order valence-electron chi connectivity index (χ1n) is 7.65. The molecule has 1 fully saturated rings. The molecule has 6 nitrogen and oxygen atoms in total. The van der Waals surface area contributed by atoms with Crippen molar-refractivity contribution in [3.63, 3.8) is 0 Å². The quantitative estimate of drug-likeness (QED) is 0.904. The van der Waals surface area contributed by atoms with Crippen LogP contribution in [0.5, 0.6) is 0 Å². The van der Waals surface area contributed by atoms with Crippen LogP contribution in [-0.4, -0.2) is 29.2 Å². The summed E-state index contributed by atoms with van der Waals surface area (Å²) in [6.07, 6.45) is 0.153. The molecule has 1 aromatic carbocycles. The van der Waals surface area contributed by atoms with Crippen LogP contribution in [0.3, 0.4) is 0 Å². The van der Waals surface area contributed by atoms with Crippen LogP contribution in [-0.2, 0) is 16.0 Å². The summed E-state index contributed by atoms with van der Waals surface area (Å²) < 4.78 is 37.4. The molecule has 24 heavy (non-hydrogen) atoms. The molecule has 0 radical (unpaired) electrons. The molecular weight excluding hydrogens is 320 g/mol. The Morgan fingerprint density at radius 3 is 3.00 bits per heavy atom. The summed E-state index contributed by atoms with van der Waals surface area (Å²) in [5.74, 6) is -0.659. The van der Waals surface area contributed by atoms with Crippen molar-refractivity contribution < 1.29 is 22.8 Å². The summed E-state index contributed by atoms with van der Waals surface area (Å²) in [5, 5.41) is 6.46. The zero-order valence-electron chi connectivity index (χ0n) is 13.1. The van der Waals surface area contributed by atoms with Crippen molar-refractivity contribution in [3.8, 4) is 0 Å². The minimum Gasteiger partial charge on any atom is -0.368 e. The molecule has 0 aliphatic carbocycles. The predicted molar refractivity (Wildman–Crippen MR) is 78.9 cm³/mol. The molecule has 1 aliphatic heterocycles. The van der Waals surface area contributed by atoms with Gasteiger partial charge >= 0.3 is 0 Å². The number of aryl methyl sites for hydroxylation is 1. The Balaban J connectivity index is 1.56. The summed E-state index contributed by atoms with van der Waals surface area (Å²) in [4.78, 5) is 16.1. The minimum absolute atomic E-state index is 0.00819. The van der Waals surface area contributed by atoms with Gasteiger partial charge in [0.05, 0.1) is 6.42 Å². The minimum atomic E-state index is -0.602. The van der Waals surface area contributed by atoms with E-state index in [1.807, 2.05) is 0 Å². The van der Waals surface area contributed by atoms with E-state index >= 15 is 0 Å². The Kier molecular flexibility index (Phi) is 4.84. The van der Waals surface area contributed by atoms with Gasteiger partial charge in [0, 0.05) is 24.6 Å². The van der Waals surface area contributed by atoms with E-state index in [4.69, 9.17) is 9.26 Å². The van der Waals surface area contributed by atoms with Gasteiger partial charge < -0.3 is 14.6 Å². The maximum absolute atomic E-state index is 13.6. The fourth-order valence-electron chi connectivity index (χ4n) is 2.70. The van der Waals surface area contributed by atoms with E-state index < -0.39 is 11.6 Å². The third-order valence-corrected chi connectivity index (χ3v) is 3.92. The first-order chi connectivity index (χ1) is 11.5. The molecule has 1 N–H and O–H groups in total. The normalized spacial score (nSPS) is 20.3. The van der Waals surface area contributed by atoms with E-state index in [1.165, 1.54) is 0 Å². The summed E-state index contributed by atoms with van der Waals surface area (Å²) in [6, 6.07) is 3.05. The molecule has 2 heterocycles. The Morgan fingerprint density at radius 1 is 1.42 bits per heavy atom. The molecule has 128 valence electrons. The van der Waals surface area contributed by atoms with Crippen molar-refractivity contribution in [1.82, 2.24) is 15.5 Å². The SMILES string of the molecule is Cc1noc([C@H]2OCC[C@H]2CNC(=O)Cc2cc(F)ccc2F)n1. The number of hydrogen-bond donors (Lipinski definition) is 1. The van der Waals surface area contributed by atoms with E-state index in [2.05, 4.69) is 15.5 Å². The second kappa shape index (κ2) is 7.04. The van der Waals surface area contributed by atoms with Crippen molar-refractivity contribution in [1.29, 1.82) is 0 Å². The predicted octanol–water partition coefficient (Wildman–Crippen LogP) is 2.09. The second-order valence-electron chi connectivity index (χ2n) is 5.74. The van der Waals surface area contributed by atoms with Crippen molar-refractivity contribution in [2.75, 3.05) is 13.2 Å². The monoisotopic (exact) mass is 337 g/mol. The van der Waals surface area contributed by atoms with Crippen molar-refractivity contribution >= 4 is 5.91 Å². The fraction of sp³-hybridized carbons (Fsp3) is 0.438. The van der Waals surface area contributed by atoms with Crippen LogP contribution in [0.4, 0.5) is 8.78 Å². The molecule has 2 atom stereocenters. The Labute approximate surface area is 137 Å². The van der Waals surface area contributed by atoms with Crippen LogP contribution in [0.2, 0.25) is 0 Å². The molecule has 2 aromatic rings. The number of nitrogens with zero attached hydrogens (tertiary/aromatic N) is 2. The number of halogens is 2. The molecule has 0 unspecified atom stereocenters. The Morgan fingerprint density at radius 2 is 2.25 bits per heavy atom. The topological polar surface area (TPSA) is 77.3 Å². The fourth-order valence-corrected chi connectivity index (χ4v) is 2.70. The zero-order chi connectivity index (χ0) is 17.1. The number of hydrogen-bond acceptors (Lipinski definition) is 5. The molecule has 1 aromatic heterocycles. The van der Waals surface area contributed by atoms with Gasteiger partial charge in [-0.15, -0.1) is 0 Å². The van der Waals surface area contributed by atoms with E-state index in [0.717, 1.165) is 24.6 Å². The van der Waals surface area contributed by atoms with Crippen molar-refractivity contribution in [2.45, 2.75) is 25.9 Å². The van der Waals surface area contributed by atoms with Gasteiger partial charge in [-0.2, -0.15) is 4.98 Å². The van der Waals surface area contributed by atoms with E-state index in [-0.39, 0.29) is 29.9 Å². The van der Waals surface area contributed by atoms with Gasteiger partial charge in [-0.25, -0.2) is 8.78 Å². The summed E-state index contributed by atoms with van der Waals surface area (Å²) in [7, 11) is 0. The zero-order valence-corrected chi connectivity index (χ0v) is 13.1. The average molecular weight is 337 g/mol. The lowest BCUT2D eigenvalue weighted by atomic mass is 10.0. The highest BCUT2D eigenvalue weighted by atomic mass is 19.1. The van der Waals surface area contributed by atoms with Gasteiger partial charge in [-0.3, -0.25) is 4.79 Å². The lowest BCUT2D eigenvalue weighted by molar-refractivity contribution is -0.120. The number of carbonyl (C=O) groups is 1. The second-order valence-corrected chi connectivity index (χ2v) is 5.74. The van der Waals surface area contributed by atoms with E-state index in [1.54, 1.807) is 6.92 Å². The maximum Gasteiger partial charge on any atom is 0.256 e. The van der Waals surface area contributed by atoms with Crippen LogP contribution in [0.1, 0.15) is 29.8 Å². The largest absolute Gasteiger partial charge is 0.368 e. The van der Waals surface area contributed by atoms with Crippen LogP contribution >= 0.6 is 0 Å². The van der Waals surface area contributed by atoms with Crippen LogP contribution in [0.25, 0.3) is 0 Å².